The lowest BCUT2D eigenvalue weighted by molar-refractivity contribution is -0.121. The number of hydrogen-bond donors (Lipinski definition) is 4. The van der Waals surface area contributed by atoms with Gasteiger partial charge in [-0.15, -0.1) is 0 Å². The third kappa shape index (κ3) is 6.51. The molecule has 0 fully saturated rings. The van der Waals surface area contributed by atoms with Crippen LogP contribution in [0.15, 0.2) is 0 Å². The highest BCUT2D eigenvalue weighted by atomic mass is 16.3. The number of aliphatic hydroxyl groups excluding tert-OH is 2. The van der Waals surface area contributed by atoms with E-state index in [1.165, 1.54) is 0 Å². The van der Waals surface area contributed by atoms with Gasteiger partial charge in [0.05, 0.1) is 25.8 Å². The summed E-state index contributed by atoms with van der Waals surface area (Å²) in [7, 11) is 0. The third-order valence-electron chi connectivity index (χ3n) is 1.52. The van der Waals surface area contributed by atoms with Gasteiger partial charge in [-0.1, -0.05) is 6.92 Å². The molecule has 0 bridgehead atoms. The number of amides is 1. The SMILES string of the molecule is CCCNCC(=O)NC(CO)CO. The number of carbonyl (C=O) groups is 1. The average Bonchev–Trinajstić information content (AvgIpc) is 2.14. The van der Waals surface area contributed by atoms with Gasteiger partial charge in [0.1, 0.15) is 0 Å². The molecule has 0 unspecified atom stereocenters. The first-order valence-corrected chi connectivity index (χ1v) is 4.46. The molecule has 5 nitrogen and oxygen atoms in total. The van der Waals surface area contributed by atoms with Crippen LogP contribution in [0.5, 0.6) is 0 Å². The molecule has 0 saturated heterocycles. The lowest BCUT2D eigenvalue weighted by atomic mass is 10.3. The fourth-order valence-corrected chi connectivity index (χ4v) is 0.806. The van der Waals surface area contributed by atoms with Gasteiger partial charge in [-0.2, -0.15) is 0 Å². The smallest absolute Gasteiger partial charge is 0.234 e. The van der Waals surface area contributed by atoms with E-state index in [0.717, 1.165) is 13.0 Å². The molecule has 0 aliphatic rings. The number of nitrogens with one attached hydrogen (secondary N) is 2. The highest BCUT2D eigenvalue weighted by Gasteiger charge is 2.08. The van der Waals surface area contributed by atoms with Gasteiger partial charge < -0.3 is 20.8 Å². The molecule has 13 heavy (non-hydrogen) atoms. The van der Waals surface area contributed by atoms with Crippen LogP contribution in [-0.2, 0) is 4.79 Å². The molecule has 0 atom stereocenters. The van der Waals surface area contributed by atoms with E-state index in [1.807, 2.05) is 6.92 Å². The Labute approximate surface area is 78.1 Å². The molecule has 0 aromatic heterocycles. The molecule has 0 aliphatic heterocycles. The van der Waals surface area contributed by atoms with E-state index >= 15 is 0 Å². The fourth-order valence-electron chi connectivity index (χ4n) is 0.806. The van der Waals surface area contributed by atoms with Crippen molar-refractivity contribution in [3.05, 3.63) is 0 Å². The minimum atomic E-state index is -0.545. The zero-order valence-corrected chi connectivity index (χ0v) is 7.92. The van der Waals surface area contributed by atoms with E-state index in [2.05, 4.69) is 10.6 Å². The van der Waals surface area contributed by atoms with E-state index < -0.39 is 6.04 Å². The topological polar surface area (TPSA) is 81.6 Å². The van der Waals surface area contributed by atoms with E-state index in [9.17, 15) is 4.79 Å². The maximum Gasteiger partial charge on any atom is 0.234 e. The normalized spacial score (nSPS) is 10.5. The van der Waals surface area contributed by atoms with Crippen LogP contribution in [0.25, 0.3) is 0 Å². The second-order valence-corrected chi connectivity index (χ2v) is 2.81. The second kappa shape index (κ2) is 7.97. The molecule has 0 radical (unpaired) electrons. The fraction of sp³-hybridized carbons (Fsp3) is 0.875. The highest BCUT2D eigenvalue weighted by Crippen LogP contribution is 1.79. The summed E-state index contributed by atoms with van der Waals surface area (Å²) >= 11 is 0. The summed E-state index contributed by atoms with van der Waals surface area (Å²) < 4.78 is 0. The highest BCUT2D eigenvalue weighted by molar-refractivity contribution is 5.78. The molecule has 0 heterocycles. The molecule has 78 valence electrons. The Morgan fingerprint density at radius 3 is 2.46 bits per heavy atom. The Morgan fingerprint density at radius 1 is 1.38 bits per heavy atom. The molecule has 1 amide bonds. The van der Waals surface area contributed by atoms with Crippen molar-refractivity contribution in [2.24, 2.45) is 0 Å². The molecular formula is C8H18N2O3. The van der Waals surface area contributed by atoms with Crippen molar-refractivity contribution < 1.29 is 15.0 Å². The molecule has 0 aliphatic carbocycles. The monoisotopic (exact) mass is 190 g/mol. The van der Waals surface area contributed by atoms with Crippen molar-refractivity contribution in [2.45, 2.75) is 19.4 Å². The van der Waals surface area contributed by atoms with Crippen LogP contribution in [-0.4, -0.2) is 48.5 Å². The van der Waals surface area contributed by atoms with Crippen LogP contribution < -0.4 is 10.6 Å². The lowest BCUT2D eigenvalue weighted by Gasteiger charge is -2.13. The Kier molecular flexibility index (Phi) is 7.57. The summed E-state index contributed by atoms with van der Waals surface area (Å²) in [6.07, 6.45) is 0.969. The average molecular weight is 190 g/mol. The Balaban J connectivity index is 3.48. The third-order valence-corrected chi connectivity index (χ3v) is 1.52. The van der Waals surface area contributed by atoms with Gasteiger partial charge in [0.15, 0.2) is 0 Å². The minimum absolute atomic E-state index is 0.207. The quantitative estimate of drug-likeness (QED) is 0.367. The van der Waals surface area contributed by atoms with Gasteiger partial charge in [-0.3, -0.25) is 4.79 Å². The van der Waals surface area contributed by atoms with Gasteiger partial charge in [0.25, 0.3) is 0 Å². The van der Waals surface area contributed by atoms with Crippen molar-refractivity contribution in [1.29, 1.82) is 0 Å². The van der Waals surface area contributed by atoms with Gasteiger partial charge in [-0.05, 0) is 13.0 Å². The number of aliphatic hydroxyl groups is 2. The van der Waals surface area contributed by atoms with Crippen LogP contribution in [0, 0.1) is 0 Å². The van der Waals surface area contributed by atoms with Crippen LogP contribution in [0.1, 0.15) is 13.3 Å². The Morgan fingerprint density at radius 2 is 2.00 bits per heavy atom. The van der Waals surface area contributed by atoms with Gasteiger partial charge in [0, 0.05) is 0 Å². The Hall–Kier alpha value is -0.650. The molecule has 4 N–H and O–H groups in total. The minimum Gasteiger partial charge on any atom is -0.394 e. The van der Waals surface area contributed by atoms with Crippen molar-refractivity contribution in [3.8, 4) is 0 Å². The predicted molar refractivity (Wildman–Crippen MR) is 49.3 cm³/mol. The maximum absolute atomic E-state index is 11.1. The molecule has 0 spiro atoms. The summed E-state index contributed by atoms with van der Waals surface area (Å²) in [5, 5.41) is 22.7. The lowest BCUT2D eigenvalue weighted by Crippen LogP contribution is -2.44. The molecule has 0 saturated carbocycles. The summed E-state index contributed by atoms with van der Waals surface area (Å²) in [6.45, 7) is 2.54. The van der Waals surface area contributed by atoms with Crippen molar-refractivity contribution in [2.75, 3.05) is 26.3 Å². The molecular weight excluding hydrogens is 172 g/mol. The van der Waals surface area contributed by atoms with E-state index in [4.69, 9.17) is 10.2 Å². The molecule has 5 heteroatoms. The van der Waals surface area contributed by atoms with Gasteiger partial charge in [0.2, 0.25) is 5.91 Å². The van der Waals surface area contributed by atoms with Crippen molar-refractivity contribution >= 4 is 5.91 Å². The summed E-state index contributed by atoms with van der Waals surface area (Å²) in [5.41, 5.74) is 0. The van der Waals surface area contributed by atoms with E-state index in [0.29, 0.717) is 0 Å². The van der Waals surface area contributed by atoms with Gasteiger partial charge in [-0.25, -0.2) is 0 Å². The largest absolute Gasteiger partial charge is 0.394 e. The first-order chi connectivity index (χ1) is 6.24. The number of rotatable bonds is 7. The first-order valence-electron chi connectivity index (χ1n) is 4.46. The summed E-state index contributed by atoms with van der Waals surface area (Å²) in [6, 6.07) is -0.545. The van der Waals surface area contributed by atoms with Crippen molar-refractivity contribution in [1.82, 2.24) is 10.6 Å². The van der Waals surface area contributed by atoms with Crippen molar-refractivity contribution in [3.63, 3.8) is 0 Å². The molecule has 0 aromatic carbocycles. The zero-order valence-electron chi connectivity index (χ0n) is 7.92. The number of hydrogen-bond acceptors (Lipinski definition) is 4. The van der Waals surface area contributed by atoms with E-state index in [1.54, 1.807) is 0 Å². The second-order valence-electron chi connectivity index (χ2n) is 2.81. The standard InChI is InChI=1S/C8H18N2O3/c1-2-3-9-4-8(13)10-7(5-11)6-12/h7,9,11-12H,2-6H2,1H3,(H,10,13). The maximum atomic E-state index is 11.1. The molecule has 0 aromatic rings. The van der Waals surface area contributed by atoms with Crippen LogP contribution >= 0.6 is 0 Å². The van der Waals surface area contributed by atoms with Crippen LogP contribution in [0.4, 0.5) is 0 Å². The zero-order chi connectivity index (χ0) is 10.1. The van der Waals surface area contributed by atoms with Crippen LogP contribution in [0.2, 0.25) is 0 Å². The predicted octanol–water partition coefficient (Wildman–Crippen LogP) is -1.54. The summed E-state index contributed by atoms with van der Waals surface area (Å²) in [4.78, 5) is 11.1. The van der Waals surface area contributed by atoms with Crippen LogP contribution in [0.3, 0.4) is 0 Å². The van der Waals surface area contributed by atoms with E-state index in [-0.39, 0.29) is 25.7 Å². The summed E-state index contributed by atoms with van der Waals surface area (Å²) in [5.74, 6) is -0.207. The first kappa shape index (κ1) is 12.3. The Bertz CT molecular complexity index is 137. The van der Waals surface area contributed by atoms with Gasteiger partial charge >= 0.3 is 0 Å². The number of carbonyl (C=O) groups excluding carboxylic acids is 1. The molecule has 0 rings (SSSR count).